The Bertz CT molecular complexity index is 920. The van der Waals surface area contributed by atoms with Crippen molar-refractivity contribution < 1.29 is 14.6 Å². The maximum absolute atomic E-state index is 10.6. The summed E-state index contributed by atoms with van der Waals surface area (Å²) in [6.07, 6.45) is 1.15. The fourth-order valence-corrected chi connectivity index (χ4v) is 3.07. The molecule has 4 heteroatoms. The molecule has 0 bridgehead atoms. The molecule has 158 valence electrons. The molecule has 1 unspecified atom stereocenters. The fraction of sp³-hybridized carbons (Fsp3) is 0.308. The van der Waals surface area contributed by atoms with Gasteiger partial charge in [-0.2, -0.15) is 0 Å². The zero-order valence-electron chi connectivity index (χ0n) is 18.0. The number of hydrogen-bond donors (Lipinski definition) is 2. The monoisotopic (exact) mass is 405 g/mol. The zero-order valence-corrected chi connectivity index (χ0v) is 18.0. The predicted molar refractivity (Wildman–Crippen MR) is 122 cm³/mol. The largest absolute Gasteiger partial charge is 0.453 e. The van der Waals surface area contributed by atoms with Crippen LogP contribution in [0.15, 0.2) is 66.7 Å². The van der Waals surface area contributed by atoms with Crippen molar-refractivity contribution in [2.75, 3.05) is 13.1 Å². The molecule has 0 saturated carbocycles. The summed E-state index contributed by atoms with van der Waals surface area (Å²) in [5, 5.41) is 13.9. The third-order valence-corrected chi connectivity index (χ3v) is 4.87. The third-order valence-electron chi connectivity index (χ3n) is 4.87. The standard InChI is InChI=1S/C26H31NO3/c1-4-16-27-17-15-24(28)21-9-14-25(29-22-10-5-19(2)6-11-22)26(18-21)30-23-12-7-20(3)8-13-23/h5-14,18,24,27-28H,4,15-17H2,1-3H3. The van der Waals surface area contributed by atoms with Crippen molar-refractivity contribution in [3.05, 3.63) is 83.4 Å². The molecule has 1 atom stereocenters. The van der Waals surface area contributed by atoms with Gasteiger partial charge in [0.1, 0.15) is 11.5 Å². The van der Waals surface area contributed by atoms with Crippen LogP contribution in [0.5, 0.6) is 23.0 Å². The van der Waals surface area contributed by atoms with Gasteiger partial charge in [0.15, 0.2) is 11.5 Å². The molecule has 0 aliphatic carbocycles. The normalized spacial score (nSPS) is 11.9. The average Bonchev–Trinajstić information content (AvgIpc) is 2.75. The number of aliphatic hydroxyl groups excluding tert-OH is 1. The van der Waals surface area contributed by atoms with E-state index in [-0.39, 0.29) is 0 Å². The van der Waals surface area contributed by atoms with Crippen LogP contribution in [0, 0.1) is 13.8 Å². The van der Waals surface area contributed by atoms with Crippen LogP contribution in [0.1, 0.15) is 42.6 Å². The Hall–Kier alpha value is -2.82. The molecule has 2 N–H and O–H groups in total. The lowest BCUT2D eigenvalue weighted by atomic mass is 10.1. The van der Waals surface area contributed by atoms with Crippen LogP contribution in [-0.2, 0) is 0 Å². The molecule has 0 radical (unpaired) electrons. The Morgan fingerprint density at radius 3 is 1.90 bits per heavy atom. The van der Waals surface area contributed by atoms with Crippen molar-refractivity contribution in [3.63, 3.8) is 0 Å². The van der Waals surface area contributed by atoms with E-state index in [2.05, 4.69) is 12.2 Å². The number of aliphatic hydroxyl groups is 1. The minimum atomic E-state index is -0.567. The summed E-state index contributed by atoms with van der Waals surface area (Å²) in [6, 6.07) is 21.4. The van der Waals surface area contributed by atoms with E-state index in [0.29, 0.717) is 17.9 Å². The Morgan fingerprint density at radius 2 is 1.33 bits per heavy atom. The van der Waals surface area contributed by atoms with Crippen LogP contribution in [0.4, 0.5) is 0 Å². The highest BCUT2D eigenvalue weighted by Gasteiger charge is 2.14. The summed E-state index contributed by atoms with van der Waals surface area (Å²) in [5.41, 5.74) is 3.16. The van der Waals surface area contributed by atoms with Crippen molar-refractivity contribution in [1.82, 2.24) is 5.32 Å². The maximum Gasteiger partial charge on any atom is 0.170 e. The van der Waals surface area contributed by atoms with Crippen LogP contribution >= 0.6 is 0 Å². The van der Waals surface area contributed by atoms with E-state index < -0.39 is 6.10 Å². The topological polar surface area (TPSA) is 50.7 Å². The van der Waals surface area contributed by atoms with Gasteiger partial charge in [0, 0.05) is 0 Å². The molecule has 0 fully saturated rings. The van der Waals surface area contributed by atoms with Gasteiger partial charge in [0.25, 0.3) is 0 Å². The van der Waals surface area contributed by atoms with Crippen LogP contribution in [-0.4, -0.2) is 18.2 Å². The van der Waals surface area contributed by atoms with Gasteiger partial charge in [-0.15, -0.1) is 0 Å². The second kappa shape index (κ2) is 10.8. The lowest BCUT2D eigenvalue weighted by molar-refractivity contribution is 0.166. The Morgan fingerprint density at radius 1 is 0.767 bits per heavy atom. The number of hydrogen-bond acceptors (Lipinski definition) is 4. The second-order valence-corrected chi connectivity index (χ2v) is 7.59. The molecule has 3 rings (SSSR count). The number of rotatable bonds is 10. The van der Waals surface area contributed by atoms with E-state index in [1.165, 1.54) is 11.1 Å². The van der Waals surface area contributed by atoms with Gasteiger partial charge in [-0.25, -0.2) is 0 Å². The molecule has 0 spiro atoms. The van der Waals surface area contributed by atoms with Crippen LogP contribution in [0.2, 0.25) is 0 Å². The van der Waals surface area contributed by atoms with Crippen LogP contribution in [0.25, 0.3) is 0 Å². The molecule has 0 aliphatic heterocycles. The highest BCUT2D eigenvalue weighted by molar-refractivity contribution is 5.48. The van der Waals surface area contributed by atoms with Gasteiger partial charge >= 0.3 is 0 Å². The Kier molecular flexibility index (Phi) is 7.89. The molecule has 0 amide bonds. The average molecular weight is 406 g/mol. The van der Waals surface area contributed by atoms with Gasteiger partial charge < -0.3 is 19.9 Å². The number of ether oxygens (including phenoxy) is 2. The van der Waals surface area contributed by atoms with Gasteiger partial charge in [-0.05, 0) is 81.7 Å². The van der Waals surface area contributed by atoms with E-state index >= 15 is 0 Å². The van der Waals surface area contributed by atoms with Crippen molar-refractivity contribution >= 4 is 0 Å². The minimum absolute atomic E-state index is 0.567. The first-order valence-electron chi connectivity index (χ1n) is 10.6. The van der Waals surface area contributed by atoms with Crippen molar-refractivity contribution in [1.29, 1.82) is 0 Å². The quantitative estimate of drug-likeness (QED) is 0.388. The Balaban J connectivity index is 1.82. The number of aryl methyl sites for hydroxylation is 2. The minimum Gasteiger partial charge on any atom is -0.453 e. The van der Waals surface area contributed by atoms with Crippen molar-refractivity contribution in [2.45, 2.75) is 39.7 Å². The van der Waals surface area contributed by atoms with E-state index in [4.69, 9.17) is 9.47 Å². The molecule has 0 saturated heterocycles. The van der Waals surface area contributed by atoms with Crippen molar-refractivity contribution in [2.24, 2.45) is 0 Å². The van der Waals surface area contributed by atoms with Gasteiger partial charge in [-0.1, -0.05) is 48.4 Å². The van der Waals surface area contributed by atoms with E-state index in [9.17, 15) is 5.11 Å². The smallest absolute Gasteiger partial charge is 0.170 e. The molecule has 0 heterocycles. The van der Waals surface area contributed by atoms with Crippen molar-refractivity contribution in [3.8, 4) is 23.0 Å². The zero-order chi connectivity index (χ0) is 21.3. The fourth-order valence-electron chi connectivity index (χ4n) is 3.07. The summed E-state index contributed by atoms with van der Waals surface area (Å²) in [7, 11) is 0. The first-order chi connectivity index (χ1) is 14.5. The summed E-state index contributed by atoms with van der Waals surface area (Å²) >= 11 is 0. The summed E-state index contributed by atoms with van der Waals surface area (Å²) < 4.78 is 12.2. The first kappa shape index (κ1) is 21.9. The predicted octanol–water partition coefficient (Wildman–Crippen LogP) is 6.31. The highest BCUT2D eigenvalue weighted by atomic mass is 16.5. The molecule has 0 aromatic heterocycles. The lowest BCUT2D eigenvalue weighted by Gasteiger charge is -2.17. The Labute approximate surface area is 179 Å². The van der Waals surface area contributed by atoms with Gasteiger partial charge in [0.2, 0.25) is 0 Å². The van der Waals surface area contributed by atoms with Crippen LogP contribution in [0.3, 0.4) is 0 Å². The van der Waals surface area contributed by atoms with Gasteiger partial charge in [0.05, 0.1) is 6.10 Å². The molecule has 3 aromatic rings. The molecule has 3 aromatic carbocycles. The first-order valence-corrected chi connectivity index (χ1v) is 10.6. The van der Waals surface area contributed by atoms with E-state index in [1.54, 1.807) is 0 Å². The second-order valence-electron chi connectivity index (χ2n) is 7.59. The summed E-state index contributed by atoms with van der Waals surface area (Å²) in [4.78, 5) is 0. The molecule has 4 nitrogen and oxygen atoms in total. The van der Waals surface area contributed by atoms with E-state index in [1.807, 2.05) is 80.6 Å². The number of nitrogens with one attached hydrogen (secondary N) is 1. The molecular weight excluding hydrogens is 374 g/mol. The summed E-state index contributed by atoms with van der Waals surface area (Å²) in [5.74, 6) is 2.66. The molecule has 0 aliphatic rings. The number of benzene rings is 3. The third kappa shape index (κ3) is 6.34. The van der Waals surface area contributed by atoms with Gasteiger partial charge in [-0.3, -0.25) is 0 Å². The van der Waals surface area contributed by atoms with E-state index in [0.717, 1.165) is 36.6 Å². The summed E-state index contributed by atoms with van der Waals surface area (Å²) in [6.45, 7) is 7.94. The molecular formula is C26H31NO3. The SMILES string of the molecule is CCCNCCC(O)c1ccc(Oc2ccc(C)cc2)c(Oc2ccc(C)cc2)c1. The maximum atomic E-state index is 10.6. The lowest BCUT2D eigenvalue weighted by Crippen LogP contribution is -2.18. The highest BCUT2D eigenvalue weighted by Crippen LogP contribution is 2.37. The van der Waals surface area contributed by atoms with Crippen LogP contribution < -0.4 is 14.8 Å². The molecule has 30 heavy (non-hydrogen) atoms.